The highest BCUT2D eigenvalue weighted by atomic mass is 35.5. The van der Waals surface area contributed by atoms with Crippen LogP contribution in [0.25, 0.3) is 0 Å². The minimum Gasteiger partial charge on any atom is -0.314 e. The van der Waals surface area contributed by atoms with E-state index in [1.54, 1.807) is 0 Å². The Kier molecular flexibility index (Phi) is 7.61. The van der Waals surface area contributed by atoms with Gasteiger partial charge in [0.15, 0.2) is 0 Å². The average molecular weight is 283 g/mol. The van der Waals surface area contributed by atoms with Crippen LogP contribution < -0.4 is 5.32 Å². The topological polar surface area (TPSA) is 15.3 Å². The molecule has 0 bridgehead atoms. The number of hydrogen-bond acceptors (Lipinski definition) is 3. The summed E-state index contributed by atoms with van der Waals surface area (Å²) in [6.45, 7) is 10.2. The predicted octanol–water partition coefficient (Wildman–Crippen LogP) is 2.61. The number of aryl methyl sites for hydroxylation is 2. The van der Waals surface area contributed by atoms with Crippen LogP contribution in [0.15, 0.2) is 6.07 Å². The van der Waals surface area contributed by atoms with Crippen LogP contribution in [-0.2, 0) is 6.54 Å². The smallest absolute Gasteiger partial charge is 0.0245 e. The number of nitrogens with one attached hydrogen (secondary N) is 1. The summed E-state index contributed by atoms with van der Waals surface area (Å²) < 4.78 is 0. The Bertz CT molecular complexity index is 309. The zero-order valence-electron chi connectivity index (χ0n) is 9.78. The predicted molar refractivity (Wildman–Crippen MR) is 76.4 cm³/mol. The molecule has 0 amide bonds. The van der Waals surface area contributed by atoms with E-state index in [1.165, 1.54) is 28.4 Å². The van der Waals surface area contributed by atoms with Gasteiger partial charge in [-0.3, -0.25) is 4.90 Å². The number of nitrogens with zero attached hydrogens (tertiary/aromatic N) is 1. The molecule has 1 aliphatic heterocycles. The minimum absolute atomic E-state index is 0. The SMILES string of the molecule is Cc1cc(CN2CCNCC2)c(C)s1.Cl.Cl. The van der Waals surface area contributed by atoms with Crippen LogP contribution >= 0.6 is 36.2 Å². The first-order valence-corrected chi connectivity index (χ1v) is 6.06. The first-order chi connectivity index (χ1) is 6.75. The lowest BCUT2D eigenvalue weighted by Crippen LogP contribution is -2.42. The molecule has 0 aliphatic carbocycles. The van der Waals surface area contributed by atoms with Crippen molar-refractivity contribution in [1.29, 1.82) is 0 Å². The summed E-state index contributed by atoms with van der Waals surface area (Å²) in [4.78, 5) is 5.46. The molecule has 1 fully saturated rings. The van der Waals surface area contributed by atoms with Gasteiger partial charge in [0.05, 0.1) is 0 Å². The molecule has 0 radical (unpaired) electrons. The largest absolute Gasteiger partial charge is 0.314 e. The summed E-state index contributed by atoms with van der Waals surface area (Å²) in [7, 11) is 0. The maximum Gasteiger partial charge on any atom is 0.0245 e. The van der Waals surface area contributed by atoms with E-state index < -0.39 is 0 Å². The molecule has 16 heavy (non-hydrogen) atoms. The van der Waals surface area contributed by atoms with Crippen molar-refractivity contribution in [3.8, 4) is 0 Å². The number of hydrogen-bond donors (Lipinski definition) is 1. The van der Waals surface area contributed by atoms with Crippen molar-refractivity contribution in [2.45, 2.75) is 20.4 Å². The molecule has 1 aliphatic rings. The third kappa shape index (κ3) is 4.22. The monoisotopic (exact) mass is 282 g/mol. The van der Waals surface area contributed by atoms with Gasteiger partial charge < -0.3 is 5.32 Å². The lowest BCUT2D eigenvalue weighted by Gasteiger charge is -2.27. The second kappa shape index (κ2) is 7.51. The normalized spacial score (nSPS) is 16.4. The van der Waals surface area contributed by atoms with Gasteiger partial charge in [0.25, 0.3) is 0 Å². The Balaban J connectivity index is 0.00000112. The Morgan fingerprint density at radius 3 is 2.38 bits per heavy atom. The van der Waals surface area contributed by atoms with E-state index in [9.17, 15) is 0 Å². The second-order valence-electron chi connectivity index (χ2n) is 3.96. The van der Waals surface area contributed by atoms with Gasteiger partial charge in [-0.2, -0.15) is 0 Å². The third-order valence-electron chi connectivity index (χ3n) is 2.75. The molecular formula is C11H20Cl2N2S. The van der Waals surface area contributed by atoms with Crippen LogP contribution in [0.5, 0.6) is 0 Å². The molecule has 1 N–H and O–H groups in total. The average Bonchev–Trinajstić information content (AvgIpc) is 2.47. The van der Waals surface area contributed by atoms with Gasteiger partial charge in [-0.05, 0) is 25.5 Å². The van der Waals surface area contributed by atoms with E-state index in [2.05, 4.69) is 30.1 Å². The summed E-state index contributed by atoms with van der Waals surface area (Å²) >= 11 is 1.92. The summed E-state index contributed by atoms with van der Waals surface area (Å²) in [6, 6.07) is 2.34. The number of piperazine rings is 1. The molecule has 0 saturated carbocycles. The van der Waals surface area contributed by atoms with Gasteiger partial charge in [-0.15, -0.1) is 36.2 Å². The summed E-state index contributed by atoms with van der Waals surface area (Å²) in [5.41, 5.74) is 1.52. The molecule has 0 unspecified atom stereocenters. The summed E-state index contributed by atoms with van der Waals surface area (Å²) in [5.74, 6) is 0. The minimum atomic E-state index is 0. The molecule has 1 aromatic rings. The maximum atomic E-state index is 3.38. The molecule has 2 nitrogen and oxygen atoms in total. The highest BCUT2D eigenvalue weighted by molar-refractivity contribution is 7.12. The lowest BCUT2D eigenvalue weighted by molar-refractivity contribution is 0.233. The Morgan fingerprint density at radius 1 is 1.25 bits per heavy atom. The molecule has 1 aromatic heterocycles. The Hall–Kier alpha value is 0.200. The lowest BCUT2D eigenvalue weighted by atomic mass is 10.2. The van der Waals surface area contributed by atoms with E-state index >= 15 is 0 Å². The van der Waals surface area contributed by atoms with Gasteiger partial charge in [-0.1, -0.05) is 0 Å². The van der Waals surface area contributed by atoms with E-state index in [0.29, 0.717) is 0 Å². The number of halogens is 2. The quantitative estimate of drug-likeness (QED) is 0.897. The first-order valence-electron chi connectivity index (χ1n) is 5.24. The van der Waals surface area contributed by atoms with Crippen molar-refractivity contribution in [3.05, 3.63) is 21.4 Å². The molecule has 94 valence electrons. The molecule has 5 heteroatoms. The molecular weight excluding hydrogens is 263 g/mol. The van der Waals surface area contributed by atoms with E-state index in [-0.39, 0.29) is 24.8 Å². The maximum absolute atomic E-state index is 3.38. The number of thiophene rings is 1. The van der Waals surface area contributed by atoms with Crippen molar-refractivity contribution in [2.75, 3.05) is 26.2 Å². The third-order valence-corrected chi connectivity index (χ3v) is 3.76. The van der Waals surface area contributed by atoms with Crippen LogP contribution in [0.4, 0.5) is 0 Å². The second-order valence-corrected chi connectivity index (χ2v) is 5.43. The van der Waals surface area contributed by atoms with Crippen LogP contribution in [0, 0.1) is 13.8 Å². The standard InChI is InChI=1S/C11H18N2S.2ClH/c1-9-7-11(10(2)14-9)8-13-5-3-12-4-6-13;;/h7,12H,3-6,8H2,1-2H3;2*1H. The van der Waals surface area contributed by atoms with Crippen molar-refractivity contribution in [3.63, 3.8) is 0 Å². The van der Waals surface area contributed by atoms with Gasteiger partial charge >= 0.3 is 0 Å². The van der Waals surface area contributed by atoms with Crippen LogP contribution in [0.3, 0.4) is 0 Å². The highest BCUT2D eigenvalue weighted by Crippen LogP contribution is 2.21. The van der Waals surface area contributed by atoms with Gasteiger partial charge in [-0.25, -0.2) is 0 Å². The van der Waals surface area contributed by atoms with Gasteiger partial charge in [0.2, 0.25) is 0 Å². The van der Waals surface area contributed by atoms with Gasteiger partial charge in [0.1, 0.15) is 0 Å². The molecule has 2 heterocycles. The van der Waals surface area contributed by atoms with Gasteiger partial charge in [0, 0.05) is 42.5 Å². The molecule has 0 spiro atoms. The molecule has 1 saturated heterocycles. The van der Waals surface area contributed by atoms with Crippen molar-refractivity contribution in [1.82, 2.24) is 10.2 Å². The first kappa shape index (κ1) is 16.2. The fourth-order valence-electron chi connectivity index (χ4n) is 1.95. The van der Waals surface area contributed by atoms with Crippen LogP contribution in [0.2, 0.25) is 0 Å². The van der Waals surface area contributed by atoms with E-state index in [4.69, 9.17) is 0 Å². The summed E-state index contributed by atoms with van der Waals surface area (Å²) in [5, 5.41) is 3.38. The Labute approximate surface area is 114 Å². The highest BCUT2D eigenvalue weighted by Gasteiger charge is 2.12. The zero-order valence-corrected chi connectivity index (χ0v) is 12.2. The summed E-state index contributed by atoms with van der Waals surface area (Å²) in [6.07, 6.45) is 0. The molecule has 0 atom stereocenters. The Morgan fingerprint density at radius 2 is 1.88 bits per heavy atom. The number of rotatable bonds is 2. The fraction of sp³-hybridized carbons (Fsp3) is 0.636. The van der Waals surface area contributed by atoms with Crippen LogP contribution in [0.1, 0.15) is 15.3 Å². The zero-order chi connectivity index (χ0) is 9.97. The molecule has 0 aromatic carbocycles. The molecule has 2 rings (SSSR count). The van der Waals surface area contributed by atoms with Crippen molar-refractivity contribution < 1.29 is 0 Å². The fourth-order valence-corrected chi connectivity index (χ4v) is 2.89. The van der Waals surface area contributed by atoms with Crippen LogP contribution in [-0.4, -0.2) is 31.1 Å². The van der Waals surface area contributed by atoms with Crippen molar-refractivity contribution in [2.24, 2.45) is 0 Å². The van der Waals surface area contributed by atoms with E-state index in [0.717, 1.165) is 19.6 Å². The van der Waals surface area contributed by atoms with Crippen molar-refractivity contribution >= 4 is 36.2 Å². The van der Waals surface area contributed by atoms with E-state index in [1.807, 2.05) is 11.3 Å².